The summed E-state index contributed by atoms with van der Waals surface area (Å²) in [4.78, 5) is 18.3. The third kappa shape index (κ3) is 3.31. The van der Waals surface area contributed by atoms with E-state index >= 15 is 0 Å². The number of sulfone groups is 1. The molecule has 1 aliphatic heterocycles. The van der Waals surface area contributed by atoms with Gasteiger partial charge in [0.2, 0.25) is 11.8 Å². The molecule has 0 bridgehead atoms. The van der Waals surface area contributed by atoms with E-state index in [-0.39, 0.29) is 11.8 Å². The first kappa shape index (κ1) is 16.9. The SMILES string of the molecule is Cc1nc([C@H]2CCCN(C(=O)[C@H](C)S(=O)(=O)C(C)C)C2)no1. The molecule has 0 spiro atoms. The normalized spacial score (nSPS) is 21.1. The second-order valence-corrected chi connectivity index (χ2v) is 8.90. The van der Waals surface area contributed by atoms with Gasteiger partial charge in [-0.05, 0) is 33.6 Å². The molecule has 1 fully saturated rings. The number of rotatable bonds is 4. The largest absolute Gasteiger partial charge is 0.341 e. The molecule has 0 N–H and O–H groups in total. The number of carbonyl (C=O) groups excluding carboxylic acids is 1. The van der Waals surface area contributed by atoms with E-state index in [4.69, 9.17) is 4.52 Å². The molecule has 0 aliphatic carbocycles. The third-order valence-corrected chi connectivity index (χ3v) is 6.64. The van der Waals surface area contributed by atoms with Crippen LogP contribution < -0.4 is 0 Å². The second-order valence-electron chi connectivity index (χ2n) is 6.08. The zero-order chi connectivity index (χ0) is 16.5. The molecule has 0 aromatic carbocycles. The number of amides is 1. The van der Waals surface area contributed by atoms with Crippen molar-refractivity contribution in [3.63, 3.8) is 0 Å². The molecule has 1 amide bonds. The van der Waals surface area contributed by atoms with Gasteiger partial charge in [0.15, 0.2) is 15.7 Å². The Balaban J connectivity index is 2.10. The summed E-state index contributed by atoms with van der Waals surface area (Å²) in [6.07, 6.45) is 1.67. The maximum Gasteiger partial charge on any atom is 0.240 e. The minimum absolute atomic E-state index is 0.00380. The van der Waals surface area contributed by atoms with Crippen LogP contribution in [0.3, 0.4) is 0 Å². The molecule has 2 rings (SSSR count). The van der Waals surface area contributed by atoms with Crippen LogP contribution in [0.5, 0.6) is 0 Å². The summed E-state index contributed by atoms with van der Waals surface area (Å²) < 4.78 is 29.4. The third-order valence-electron chi connectivity index (χ3n) is 4.14. The number of nitrogens with zero attached hydrogens (tertiary/aromatic N) is 3. The van der Waals surface area contributed by atoms with Crippen molar-refractivity contribution in [2.24, 2.45) is 0 Å². The average Bonchev–Trinajstić information content (AvgIpc) is 2.92. The van der Waals surface area contributed by atoms with Crippen LogP contribution in [-0.2, 0) is 14.6 Å². The van der Waals surface area contributed by atoms with Crippen molar-refractivity contribution in [2.75, 3.05) is 13.1 Å². The van der Waals surface area contributed by atoms with Crippen molar-refractivity contribution < 1.29 is 17.7 Å². The molecule has 2 heterocycles. The molecule has 0 saturated carbocycles. The minimum atomic E-state index is -3.44. The maximum atomic E-state index is 12.5. The number of hydrogen-bond acceptors (Lipinski definition) is 6. The molecule has 0 unspecified atom stereocenters. The van der Waals surface area contributed by atoms with E-state index < -0.39 is 20.3 Å². The lowest BCUT2D eigenvalue weighted by Gasteiger charge is -2.33. The van der Waals surface area contributed by atoms with Gasteiger partial charge in [-0.3, -0.25) is 4.79 Å². The number of aromatic nitrogens is 2. The van der Waals surface area contributed by atoms with Gasteiger partial charge in [-0.1, -0.05) is 5.16 Å². The van der Waals surface area contributed by atoms with E-state index in [1.807, 2.05) is 0 Å². The van der Waals surface area contributed by atoms with Gasteiger partial charge in [-0.2, -0.15) is 4.98 Å². The summed E-state index contributed by atoms with van der Waals surface area (Å²) in [7, 11) is -3.44. The molecule has 1 aliphatic rings. The fraction of sp³-hybridized carbons (Fsp3) is 0.786. The predicted molar refractivity (Wildman–Crippen MR) is 81.1 cm³/mol. The van der Waals surface area contributed by atoms with Gasteiger partial charge in [0, 0.05) is 25.9 Å². The lowest BCUT2D eigenvalue weighted by Crippen LogP contribution is -2.47. The highest BCUT2D eigenvalue weighted by atomic mass is 32.2. The fourth-order valence-corrected chi connectivity index (χ4v) is 3.92. The zero-order valence-corrected chi connectivity index (χ0v) is 14.3. The van der Waals surface area contributed by atoms with Gasteiger partial charge in [0.25, 0.3) is 0 Å². The molecular formula is C14H23N3O4S. The van der Waals surface area contributed by atoms with Crippen LogP contribution in [0.2, 0.25) is 0 Å². The summed E-state index contributed by atoms with van der Waals surface area (Å²) in [5.74, 6) is 0.756. The van der Waals surface area contributed by atoms with Crippen LogP contribution in [0, 0.1) is 6.92 Å². The Kier molecular flexibility index (Phi) is 4.89. The predicted octanol–water partition coefficient (Wildman–Crippen LogP) is 1.30. The Morgan fingerprint density at radius 2 is 2.05 bits per heavy atom. The van der Waals surface area contributed by atoms with Crippen LogP contribution in [-0.4, -0.2) is 53.0 Å². The summed E-state index contributed by atoms with van der Waals surface area (Å²) in [6, 6.07) is 0. The number of aryl methyl sites for hydroxylation is 1. The Labute approximate surface area is 131 Å². The van der Waals surface area contributed by atoms with Crippen molar-refractivity contribution in [3.8, 4) is 0 Å². The van der Waals surface area contributed by atoms with Crippen LogP contribution in [0.4, 0.5) is 0 Å². The lowest BCUT2D eigenvalue weighted by molar-refractivity contribution is -0.131. The topological polar surface area (TPSA) is 93.4 Å². The van der Waals surface area contributed by atoms with Crippen molar-refractivity contribution in [3.05, 3.63) is 11.7 Å². The van der Waals surface area contributed by atoms with Gasteiger partial charge in [-0.25, -0.2) is 8.42 Å². The standard InChI is InChI=1S/C14H23N3O4S/c1-9(2)22(19,20)10(3)14(18)17-7-5-6-12(8-17)13-15-11(4)21-16-13/h9-10,12H,5-8H2,1-4H3/t10-,12-/m0/s1. The first-order valence-electron chi connectivity index (χ1n) is 7.55. The van der Waals surface area contributed by atoms with Crippen molar-refractivity contribution in [2.45, 2.75) is 57.0 Å². The van der Waals surface area contributed by atoms with Crippen LogP contribution in [0.25, 0.3) is 0 Å². The van der Waals surface area contributed by atoms with E-state index in [0.29, 0.717) is 24.8 Å². The Hall–Kier alpha value is -1.44. The van der Waals surface area contributed by atoms with Gasteiger partial charge in [-0.15, -0.1) is 0 Å². The van der Waals surface area contributed by atoms with Crippen molar-refractivity contribution >= 4 is 15.7 Å². The first-order chi connectivity index (χ1) is 10.2. The minimum Gasteiger partial charge on any atom is -0.341 e. The first-order valence-corrected chi connectivity index (χ1v) is 9.16. The van der Waals surface area contributed by atoms with E-state index in [1.165, 1.54) is 6.92 Å². The Bertz CT molecular complexity index is 638. The molecule has 1 saturated heterocycles. The van der Waals surface area contributed by atoms with Gasteiger partial charge < -0.3 is 9.42 Å². The monoisotopic (exact) mass is 329 g/mol. The second kappa shape index (κ2) is 6.36. The van der Waals surface area contributed by atoms with E-state index in [2.05, 4.69) is 10.1 Å². The molecule has 0 radical (unpaired) electrons. The van der Waals surface area contributed by atoms with Crippen molar-refractivity contribution in [1.29, 1.82) is 0 Å². The average molecular weight is 329 g/mol. The number of piperidine rings is 1. The van der Waals surface area contributed by atoms with Crippen LogP contribution in [0.15, 0.2) is 4.52 Å². The zero-order valence-electron chi connectivity index (χ0n) is 13.4. The van der Waals surface area contributed by atoms with E-state index in [1.54, 1.807) is 25.7 Å². The quantitative estimate of drug-likeness (QED) is 0.826. The Morgan fingerprint density at radius 3 is 2.59 bits per heavy atom. The Morgan fingerprint density at radius 1 is 1.36 bits per heavy atom. The van der Waals surface area contributed by atoms with E-state index in [9.17, 15) is 13.2 Å². The van der Waals surface area contributed by atoms with Crippen molar-refractivity contribution in [1.82, 2.24) is 15.0 Å². The molecular weight excluding hydrogens is 306 g/mol. The van der Waals surface area contributed by atoms with Crippen LogP contribution in [0.1, 0.15) is 51.2 Å². The smallest absolute Gasteiger partial charge is 0.240 e. The van der Waals surface area contributed by atoms with Crippen LogP contribution >= 0.6 is 0 Å². The highest BCUT2D eigenvalue weighted by Gasteiger charge is 2.36. The highest BCUT2D eigenvalue weighted by molar-refractivity contribution is 7.93. The number of carbonyl (C=O) groups is 1. The summed E-state index contributed by atoms with van der Waals surface area (Å²) in [5, 5.41) is 2.33. The van der Waals surface area contributed by atoms with E-state index in [0.717, 1.165) is 12.8 Å². The molecule has 7 nitrogen and oxygen atoms in total. The molecule has 22 heavy (non-hydrogen) atoms. The molecule has 1 aromatic heterocycles. The molecule has 124 valence electrons. The van der Waals surface area contributed by atoms with Gasteiger partial charge >= 0.3 is 0 Å². The molecule has 1 aromatic rings. The molecule has 8 heteroatoms. The highest BCUT2D eigenvalue weighted by Crippen LogP contribution is 2.26. The molecule has 2 atom stereocenters. The maximum absolute atomic E-state index is 12.5. The lowest BCUT2D eigenvalue weighted by atomic mass is 9.97. The summed E-state index contributed by atoms with van der Waals surface area (Å²) >= 11 is 0. The number of hydrogen-bond donors (Lipinski definition) is 0. The summed E-state index contributed by atoms with van der Waals surface area (Å²) in [5.41, 5.74) is 0. The van der Waals surface area contributed by atoms with Gasteiger partial charge in [0.1, 0.15) is 5.25 Å². The van der Waals surface area contributed by atoms with Gasteiger partial charge in [0.05, 0.1) is 5.25 Å². The fourth-order valence-electron chi connectivity index (χ4n) is 2.67. The number of likely N-dealkylation sites (tertiary alicyclic amines) is 1. The summed E-state index contributed by atoms with van der Waals surface area (Å²) in [6.45, 7) is 7.40.